The van der Waals surface area contributed by atoms with E-state index >= 15 is 0 Å². The number of ether oxygens (including phenoxy) is 1. The second-order valence-corrected chi connectivity index (χ2v) is 9.36. The van der Waals surface area contributed by atoms with Crippen molar-refractivity contribution in [1.82, 2.24) is 5.32 Å². The molecule has 0 fully saturated rings. The van der Waals surface area contributed by atoms with Crippen LogP contribution in [0, 0.1) is 6.92 Å². The number of benzene rings is 3. The molecule has 2 N–H and O–H groups in total. The SMILES string of the molecule is Cc1cc(S(=O)(=O)Nc2ccccc2)ccc1OCC(=O)N[C@@H](C)CCc1ccccc1. The lowest BCUT2D eigenvalue weighted by Gasteiger charge is -2.15. The zero-order valence-electron chi connectivity index (χ0n) is 18.2. The van der Waals surface area contributed by atoms with E-state index in [2.05, 4.69) is 22.2 Å². The second kappa shape index (κ2) is 10.8. The van der Waals surface area contributed by atoms with Crippen LogP contribution >= 0.6 is 0 Å². The summed E-state index contributed by atoms with van der Waals surface area (Å²) in [5.74, 6) is 0.253. The first-order chi connectivity index (χ1) is 15.3. The van der Waals surface area contributed by atoms with E-state index in [1.807, 2.05) is 31.2 Å². The van der Waals surface area contributed by atoms with Gasteiger partial charge in [-0.15, -0.1) is 0 Å². The van der Waals surface area contributed by atoms with Gasteiger partial charge in [0, 0.05) is 11.7 Å². The molecule has 0 spiro atoms. The average molecular weight is 453 g/mol. The van der Waals surface area contributed by atoms with Gasteiger partial charge in [0.25, 0.3) is 15.9 Å². The monoisotopic (exact) mass is 452 g/mol. The minimum absolute atomic E-state index is 0.0176. The number of hydrogen-bond acceptors (Lipinski definition) is 4. The van der Waals surface area contributed by atoms with Gasteiger partial charge in [-0.2, -0.15) is 0 Å². The molecule has 0 saturated carbocycles. The summed E-state index contributed by atoms with van der Waals surface area (Å²) in [5.41, 5.74) is 2.35. The van der Waals surface area contributed by atoms with Gasteiger partial charge in [0.15, 0.2) is 6.61 Å². The molecule has 3 rings (SSSR count). The molecular formula is C25H28N2O4S. The summed E-state index contributed by atoms with van der Waals surface area (Å²) in [6.07, 6.45) is 1.71. The average Bonchev–Trinajstić information content (AvgIpc) is 2.78. The van der Waals surface area contributed by atoms with Crippen molar-refractivity contribution in [3.8, 4) is 5.75 Å². The Labute approximate surface area is 189 Å². The maximum absolute atomic E-state index is 12.6. The number of sulfonamides is 1. The summed E-state index contributed by atoms with van der Waals surface area (Å²) in [6, 6.07) is 23.4. The normalized spacial score (nSPS) is 12.1. The third-order valence-corrected chi connectivity index (χ3v) is 6.34. The first kappa shape index (κ1) is 23.3. The number of anilines is 1. The summed E-state index contributed by atoms with van der Waals surface area (Å²) < 4.78 is 33.4. The van der Waals surface area contributed by atoms with Crippen molar-refractivity contribution in [2.45, 2.75) is 37.6 Å². The predicted molar refractivity (Wildman–Crippen MR) is 126 cm³/mol. The Morgan fingerprint density at radius 3 is 2.28 bits per heavy atom. The molecule has 0 heterocycles. The van der Waals surface area contributed by atoms with Crippen molar-refractivity contribution in [2.24, 2.45) is 0 Å². The van der Waals surface area contributed by atoms with Crippen molar-refractivity contribution >= 4 is 21.6 Å². The van der Waals surface area contributed by atoms with Gasteiger partial charge in [0.05, 0.1) is 4.90 Å². The van der Waals surface area contributed by atoms with E-state index in [0.29, 0.717) is 17.0 Å². The minimum atomic E-state index is -3.71. The summed E-state index contributed by atoms with van der Waals surface area (Å²) in [5, 5.41) is 2.93. The number of aryl methyl sites for hydroxylation is 2. The van der Waals surface area contributed by atoms with Crippen LogP contribution in [-0.4, -0.2) is 27.0 Å². The molecule has 0 radical (unpaired) electrons. The smallest absolute Gasteiger partial charge is 0.261 e. The van der Waals surface area contributed by atoms with Crippen LogP contribution in [0.25, 0.3) is 0 Å². The zero-order valence-corrected chi connectivity index (χ0v) is 19.1. The van der Waals surface area contributed by atoms with E-state index in [-0.39, 0.29) is 23.5 Å². The Morgan fingerprint density at radius 1 is 0.969 bits per heavy atom. The fourth-order valence-corrected chi connectivity index (χ4v) is 4.37. The van der Waals surface area contributed by atoms with E-state index in [1.165, 1.54) is 17.7 Å². The number of carbonyl (C=O) groups excluding carboxylic acids is 1. The molecule has 6 nitrogen and oxygen atoms in total. The maximum atomic E-state index is 12.6. The van der Waals surface area contributed by atoms with Gasteiger partial charge in [-0.25, -0.2) is 8.42 Å². The molecule has 1 amide bonds. The highest BCUT2D eigenvalue weighted by Crippen LogP contribution is 2.23. The van der Waals surface area contributed by atoms with Crippen LogP contribution in [0.15, 0.2) is 83.8 Å². The van der Waals surface area contributed by atoms with Crippen LogP contribution in [0.2, 0.25) is 0 Å². The highest BCUT2D eigenvalue weighted by Gasteiger charge is 2.16. The third-order valence-electron chi connectivity index (χ3n) is 4.96. The number of nitrogens with one attached hydrogen (secondary N) is 2. The fourth-order valence-electron chi connectivity index (χ4n) is 3.23. The Kier molecular flexibility index (Phi) is 7.89. The van der Waals surface area contributed by atoms with Crippen LogP contribution < -0.4 is 14.8 Å². The van der Waals surface area contributed by atoms with Crippen molar-refractivity contribution in [3.63, 3.8) is 0 Å². The van der Waals surface area contributed by atoms with E-state index in [1.54, 1.807) is 37.3 Å². The van der Waals surface area contributed by atoms with Crippen molar-refractivity contribution in [3.05, 3.63) is 90.0 Å². The van der Waals surface area contributed by atoms with Crippen LogP contribution in [0.1, 0.15) is 24.5 Å². The zero-order chi connectivity index (χ0) is 23.0. The Balaban J connectivity index is 1.51. The van der Waals surface area contributed by atoms with Crippen LogP contribution in [-0.2, 0) is 21.2 Å². The maximum Gasteiger partial charge on any atom is 0.261 e. The summed E-state index contributed by atoms with van der Waals surface area (Å²) in [7, 11) is -3.71. The van der Waals surface area contributed by atoms with Crippen molar-refractivity contribution in [1.29, 1.82) is 0 Å². The lowest BCUT2D eigenvalue weighted by Crippen LogP contribution is -2.36. The molecule has 0 aromatic heterocycles. The van der Waals surface area contributed by atoms with E-state index < -0.39 is 10.0 Å². The molecule has 7 heteroatoms. The molecule has 0 bridgehead atoms. The standard InChI is InChI=1S/C25H28N2O4S/c1-19-17-23(32(29,30)27-22-11-7-4-8-12-22)15-16-24(19)31-18-25(28)26-20(2)13-14-21-9-5-3-6-10-21/h3-12,15-17,20,27H,13-14,18H2,1-2H3,(H,26,28)/t20-/m0/s1. The molecule has 0 aliphatic heterocycles. The van der Waals surface area contributed by atoms with Crippen LogP contribution in [0.5, 0.6) is 5.75 Å². The Hall–Kier alpha value is -3.32. The molecule has 3 aromatic carbocycles. The minimum Gasteiger partial charge on any atom is -0.484 e. The van der Waals surface area contributed by atoms with E-state index in [4.69, 9.17) is 4.74 Å². The molecule has 168 valence electrons. The van der Waals surface area contributed by atoms with Gasteiger partial charge in [0.2, 0.25) is 0 Å². The Bertz CT molecular complexity index is 1130. The molecule has 1 atom stereocenters. The first-order valence-electron chi connectivity index (χ1n) is 10.5. The number of para-hydroxylation sites is 1. The second-order valence-electron chi connectivity index (χ2n) is 7.68. The number of rotatable bonds is 10. The predicted octanol–water partition coefficient (Wildman–Crippen LogP) is 4.31. The molecule has 3 aromatic rings. The highest BCUT2D eigenvalue weighted by atomic mass is 32.2. The van der Waals surface area contributed by atoms with E-state index in [0.717, 1.165) is 12.8 Å². The highest BCUT2D eigenvalue weighted by molar-refractivity contribution is 7.92. The quantitative estimate of drug-likeness (QED) is 0.480. The molecule has 0 aliphatic carbocycles. The van der Waals surface area contributed by atoms with Gasteiger partial charge in [-0.05, 0) is 68.1 Å². The molecule has 32 heavy (non-hydrogen) atoms. The number of carbonyl (C=O) groups is 1. The summed E-state index contributed by atoms with van der Waals surface area (Å²) >= 11 is 0. The number of amides is 1. The summed E-state index contributed by atoms with van der Waals surface area (Å²) in [6.45, 7) is 3.58. The fraction of sp³-hybridized carbons (Fsp3) is 0.240. The number of hydrogen-bond donors (Lipinski definition) is 2. The van der Waals surface area contributed by atoms with Crippen LogP contribution in [0.3, 0.4) is 0 Å². The third kappa shape index (κ3) is 6.85. The largest absolute Gasteiger partial charge is 0.484 e. The van der Waals surface area contributed by atoms with Gasteiger partial charge in [-0.1, -0.05) is 48.5 Å². The van der Waals surface area contributed by atoms with Gasteiger partial charge in [-0.3, -0.25) is 9.52 Å². The van der Waals surface area contributed by atoms with E-state index in [9.17, 15) is 13.2 Å². The first-order valence-corrected chi connectivity index (χ1v) is 12.0. The van der Waals surface area contributed by atoms with Crippen molar-refractivity contribution in [2.75, 3.05) is 11.3 Å². The topological polar surface area (TPSA) is 84.5 Å². The molecular weight excluding hydrogens is 424 g/mol. The van der Waals surface area contributed by atoms with Gasteiger partial charge < -0.3 is 10.1 Å². The lowest BCUT2D eigenvalue weighted by atomic mass is 10.1. The molecule has 0 saturated heterocycles. The molecule has 0 unspecified atom stereocenters. The summed E-state index contributed by atoms with van der Waals surface area (Å²) in [4.78, 5) is 12.4. The van der Waals surface area contributed by atoms with Crippen LogP contribution in [0.4, 0.5) is 5.69 Å². The lowest BCUT2D eigenvalue weighted by molar-refractivity contribution is -0.123. The molecule has 0 aliphatic rings. The Morgan fingerprint density at radius 2 is 1.62 bits per heavy atom. The van der Waals surface area contributed by atoms with Gasteiger partial charge >= 0.3 is 0 Å². The van der Waals surface area contributed by atoms with Crippen molar-refractivity contribution < 1.29 is 17.9 Å². The van der Waals surface area contributed by atoms with Gasteiger partial charge in [0.1, 0.15) is 5.75 Å².